The van der Waals surface area contributed by atoms with E-state index < -0.39 is 46.1 Å². The highest BCUT2D eigenvalue weighted by molar-refractivity contribution is 6.08. The molecule has 0 aromatic heterocycles. The molecule has 0 aliphatic heterocycles. The number of aromatic carboxylic acids is 4. The largest absolute Gasteiger partial charge is 0.478 e. The highest BCUT2D eigenvalue weighted by atomic mass is 16.5. The van der Waals surface area contributed by atoms with Gasteiger partial charge in [-0.05, 0) is 94.1 Å². The van der Waals surface area contributed by atoms with Crippen molar-refractivity contribution in [2.45, 2.75) is 0 Å². The van der Waals surface area contributed by atoms with Crippen LogP contribution in [0.1, 0.15) is 73.3 Å². The topological polar surface area (TPSA) is 202 Å². The van der Waals surface area contributed by atoms with Gasteiger partial charge in [0, 0.05) is 22.3 Å². The van der Waals surface area contributed by atoms with E-state index >= 15 is 0 Å². The molecule has 0 aliphatic carbocycles. The number of carboxylic acid groups (broad SMARTS) is 4. The van der Waals surface area contributed by atoms with Crippen molar-refractivity contribution in [3.05, 3.63) is 239 Å². The summed E-state index contributed by atoms with van der Waals surface area (Å²) in [5.74, 6) is -6.69. The highest BCUT2D eigenvalue weighted by Crippen LogP contribution is 2.44. The zero-order chi connectivity index (χ0) is 49.3. The van der Waals surface area contributed by atoms with Crippen LogP contribution in [0.4, 0.5) is 0 Å². The van der Waals surface area contributed by atoms with Gasteiger partial charge in [0.15, 0.2) is 11.6 Å². The molecule has 0 amide bonds. The summed E-state index contributed by atoms with van der Waals surface area (Å²) in [6, 6.07) is 50.1. The van der Waals surface area contributed by atoms with E-state index in [1.165, 1.54) is 12.2 Å². The summed E-state index contributed by atoms with van der Waals surface area (Å²) in [5.41, 5.74) is 3.11. The van der Waals surface area contributed by atoms with Gasteiger partial charge in [-0.1, -0.05) is 146 Å². The van der Waals surface area contributed by atoms with Crippen molar-refractivity contribution in [1.29, 1.82) is 0 Å². The fraction of sp³-hybridized carbons (Fsp3) is 0. The van der Waals surface area contributed by atoms with Crippen LogP contribution in [-0.4, -0.2) is 55.9 Å². The number of ether oxygens (including phenoxy) is 2. The monoisotopic (exact) mass is 926 g/mol. The first-order chi connectivity index (χ1) is 33.8. The second-order valence-electron chi connectivity index (χ2n) is 15.6. The molecule has 12 nitrogen and oxygen atoms in total. The predicted octanol–water partition coefficient (Wildman–Crippen LogP) is 12.9. The van der Waals surface area contributed by atoms with E-state index in [9.17, 15) is 49.2 Å². The molecule has 8 aromatic rings. The molecule has 12 heteroatoms. The fourth-order valence-corrected chi connectivity index (χ4v) is 7.46. The Morgan fingerprint density at radius 2 is 0.629 bits per heavy atom. The molecule has 0 radical (unpaired) electrons. The molecule has 0 spiro atoms. The molecule has 342 valence electrons. The van der Waals surface area contributed by atoms with Crippen molar-refractivity contribution in [1.82, 2.24) is 0 Å². The number of carbonyl (C=O) groups is 6. The second kappa shape index (κ2) is 20.7. The summed E-state index contributed by atoms with van der Waals surface area (Å²) >= 11 is 0. The Morgan fingerprint density at radius 1 is 0.343 bits per heavy atom. The third-order valence-corrected chi connectivity index (χ3v) is 11.1. The van der Waals surface area contributed by atoms with Crippen molar-refractivity contribution >= 4 is 47.6 Å². The van der Waals surface area contributed by atoms with Crippen LogP contribution in [0.5, 0.6) is 23.0 Å². The van der Waals surface area contributed by atoms with E-state index in [0.717, 1.165) is 57.6 Å². The fourth-order valence-electron chi connectivity index (χ4n) is 7.46. The van der Waals surface area contributed by atoms with Crippen molar-refractivity contribution in [2.24, 2.45) is 0 Å². The summed E-state index contributed by atoms with van der Waals surface area (Å²) in [6.07, 6.45) is 6.44. The number of carboxylic acids is 4. The average Bonchev–Trinajstić information content (AvgIpc) is 3.38. The molecule has 0 saturated heterocycles. The van der Waals surface area contributed by atoms with E-state index in [2.05, 4.69) is 0 Å². The molecule has 4 N–H and O–H groups in total. The SMILES string of the molecule is O=C(/C=C/c1ccc(-c2ccc(Oc3cc(C(=O)O)c(C(=O)O)cc3-c3cc(C(=O)O)c(C(=O)O)cc3Oc3ccc(-c4ccc(/C=C/C(=O)c5ccccc5)cc4)cc3)cc2)cc1)c1ccccc1. The number of benzene rings is 8. The highest BCUT2D eigenvalue weighted by Gasteiger charge is 2.27. The van der Waals surface area contributed by atoms with E-state index in [1.807, 2.05) is 60.7 Å². The number of hydrogen-bond acceptors (Lipinski definition) is 8. The van der Waals surface area contributed by atoms with Crippen molar-refractivity contribution < 1.29 is 58.7 Å². The van der Waals surface area contributed by atoms with Crippen LogP contribution in [0.15, 0.2) is 194 Å². The first-order valence-electron chi connectivity index (χ1n) is 21.4. The number of ketones is 2. The van der Waals surface area contributed by atoms with Gasteiger partial charge >= 0.3 is 23.9 Å². The maximum Gasteiger partial charge on any atom is 0.336 e. The lowest BCUT2D eigenvalue weighted by Crippen LogP contribution is -2.11. The standard InChI is InChI=1S/C58H38O12/c59-51(41-7-3-1-4-8-41)29-15-35-11-17-37(18-12-35)39-21-25-43(26-22-39)69-53-33-49(57(65)66)47(55(61)62)31-45(53)46-32-48(56(63)64)50(58(67)68)34-54(46)70-44-27-23-40(24-28-44)38-19-13-36(14-20-38)16-30-52(60)42-9-5-2-6-10-42/h1-34H,(H,61,62)(H,63,64)(H,65,66)(H,67,68)/b29-15+,30-16+. The maximum atomic E-state index is 12.5. The molecule has 0 atom stereocenters. The van der Waals surface area contributed by atoms with E-state index in [0.29, 0.717) is 11.1 Å². The minimum Gasteiger partial charge on any atom is -0.478 e. The van der Waals surface area contributed by atoms with Gasteiger partial charge in [-0.2, -0.15) is 0 Å². The maximum absolute atomic E-state index is 12.5. The van der Waals surface area contributed by atoms with Gasteiger partial charge in [-0.15, -0.1) is 0 Å². The number of rotatable bonds is 17. The summed E-state index contributed by atoms with van der Waals surface area (Å²) in [7, 11) is 0. The van der Waals surface area contributed by atoms with Crippen LogP contribution >= 0.6 is 0 Å². The second-order valence-corrected chi connectivity index (χ2v) is 15.6. The lowest BCUT2D eigenvalue weighted by atomic mass is 9.93. The van der Waals surface area contributed by atoms with Crippen LogP contribution in [0, 0.1) is 0 Å². The minimum absolute atomic E-state index is 0.119. The zero-order valence-electron chi connectivity index (χ0n) is 36.7. The van der Waals surface area contributed by atoms with Gasteiger partial charge in [-0.3, -0.25) is 9.59 Å². The lowest BCUT2D eigenvalue weighted by molar-refractivity contribution is 0.0651. The summed E-state index contributed by atoms with van der Waals surface area (Å²) in [6.45, 7) is 0. The summed E-state index contributed by atoms with van der Waals surface area (Å²) in [5, 5.41) is 40.6. The third-order valence-electron chi connectivity index (χ3n) is 11.1. The van der Waals surface area contributed by atoms with Crippen LogP contribution in [0.25, 0.3) is 45.5 Å². The molecule has 70 heavy (non-hydrogen) atoms. The zero-order valence-corrected chi connectivity index (χ0v) is 36.7. The molecule has 0 heterocycles. The Hall–Kier alpha value is -9.94. The Kier molecular flexibility index (Phi) is 13.8. The van der Waals surface area contributed by atoms with Gasteiger partial charge in [0.2, 0.25) is 0 Å². The molecule has 0 unspecified atom stereocenters. The molecule has 0 bridgehead atoms. The Morgan fingerprint density at radius 3 is 0.929 bits per heavy atom. The molecule has 8 rings (SSSR count). The Labute approximate surface area is 399 Å². The van der Waals surface area contributed by atoms with Crippen molar-refractivity contribution in [3.8, 4) is 56.4 Å². The van der Waals surface area contributed by atoms with Gasteiger partial charge in [0.25, 0.3) is 0 Å². The molecule has 8 aromatic carbocycles. The van der Waals surface area contributed by atoms with Gasteiger partial charge < -0.3 is 29.9 Å². The smallest absolute Gasteiger partial charge is 0.336 e. The average molecular weight is 927 g/mol. The predicted molar refractivity (Wildman–Crippen MR) is 263 cm³/mol. The minimum atomic E-state index is -1.61. The Bertz CT molecular complexity index is 3130. The third kappa shape index (κ3) is 10.8. The van der Waals surface area contributed by atoms with Gasteiger partial charge in [0.1, 0.15) is 23.0 Å². The van der Waals surface area contributed by atoms with Crippen LogP contribution in [0.2, 0.25) is 0 Å². The van der Waals surface area contributed by atoms with Crippen LogP contribution in [0.3, 0.4) is 0 Å². The summed E-state index contributed by atoms with van der Waals surface area (Å²) in [4.78, 5) is 75.0. The quantitative estimate of drug-likeness (QED) is 0.0498. The van der Waals surface area contributed by atoms with E-state index in [4.69, 9.17) is 9.47 Å². The normalized spacial score (nSPS) is 11.0. The molecule has 0 saturated carbocycles. The van der Waals surface area contributed by atoms with Crippen LogP contribution in [-0.2, 0) is 0 Å². The Balaban J connectivity index is 1.09. The molecule has 0 aliphatic rings. The van der Waals surface area contributed by atoms with E-state index in [-0.39, 0.29) is 45.7 Å². The number of allylic oxidation sites excluding steroid dienone is 2. The van der Waals surface area contributed by atoms with E-state index in [1.54, 1.807) is 109 Å². The van der Waals surface area contributed by atoms with Crippen molar-refractivity contribution in [2.75, 3.05) is 0 Å². The van der Waals surface area contributed by atoms with Gasteiger partial charge in [-0.25, -0.2) is 19.2 Å². The van der Waals surface area contributed by atoms with Crippen LogP contribution < -0.4 is 9.47 Å². The summed E-state index contributed by atoms with van der Waals surface area (Å²) < 4.78 is 12.5. The molecule has 0 fully saturated rings. The number of hydrogen-bond donors (Lipinski definition) is 4. The molecular weight excluding hydrogens is 889 g/mol. The first-order valence-corrected chi connectivity index (χ1v) is 21.4. The molecular formula is C58H38O12. The van der Waals surface area contributed by atoms with Gasteiger partial charge in [0.05, 0.1) is 22.3 Å². The number of carbonyl (C=O) groups excluding carboxylic acids is 2. The first kappa shape index (κ1) is 46.6. The lowest BCUT2D eigenvalue weighted by Gasteiger charge is -2.19. The van der Waals surface area contributed by atoms with Crippen molar-refractivity contribution in [3.63, 3.8) is 0 Å².